The lowest BCUT2D eigenvalue weighted by atomic mass is 10.1. The van der Waals surface area contributed by atoms with Crippen molar-refractivity contribution in [3.63, 3.8) is 0 Å². The van der Waals surface area contributed by atoms with Crippen LogP contribution >= 0.6 is 11.6 Å². The van der Waals surface area contributed by atoms with E-state index in [0.717, 1.165) is 12.1 Å². The summed E-state index contributed by atoms with van der Waals surface area (Å²) in [5.41, 5.74) is 3.96. The Morgan fingerprint density at radius 3 is 2.41 bits per heavy atom. The monoisotopic (exact) mass is 264 g/mol. The van der Waals surface area contributed by atoms with Gasteiger partial charge in [-0.05, 0) is 12.1 Å². The summed E-state index contributed by atoms with van der Waals surface area (Å²) in [5.74, 6) is -0.842. The van der Waals surface area contributed by atoms with Crippen molar-refractivity contribution in [3.05, 3.63) is 34.7 Å². The molecule has 0 aliphatic rings. The maximum atomic E-state index is 13.1. The van der Waals surface area contributed by atoms with Crippen LogP contribution in [0.1, 0.15) is 5.69 Å². The van der Waals surface area contributed by atoms with Crippen LogP contribution in [0.25, 0.3) is 10.9 Å². The molecule has 0 amide bonds. The molecule has 0 radical (unpaired) electrons. The number of hydrogen-bond acceptors (Lipinski definition) is 2. The number of rotatable bonds is 0. The van der Waals surface area contributed by atoms with E-state index < -0.39 is 17.7 Å². The van der Waals surface area contributed by atoms with Crippen molar-refractivity contribution in [1.82, 2.24) is 4.98 Å². The van der Waals surface area contributed by atoms with Crippen molar-refractivity contribution in [2.75, 3.05) is 5.73 Å². The Labute approximate surface area is 98.0 Å². The standard InChI is InChI=1S/C10H5ClF4N2/c11-5-1-4-7(16)3-9(10(13,14)15)17-8(4)2-6(5)12/h1-3H,(H2,16,17). The van der Waals surface area contributed by atoms with Crippen LogP contribution in [0, 0.1) is 5.82 Å². The van der Waals surface area contributed by atoms with Gasteiger partial charge in [0.2, 0.25) is 0 Å². The molecule has 0 spiro atoms. The molecule has 0 bridgehead atoms. The first-order valence-corrected chi connectivity index (χ1v) is 4.79. The van der Waals surface area contributed by atoms with Crippen molar-refractivity contribution in [3.8, 4) is 0 Å². The molecule has 0 atom stereocenters. The van der Waals surface area contributed by atoms with E-state index >= 15 is 0 Å². The second-order valence-corrected chi connectivity index (χ2v) is 3.79. The fraction of sp³-hybridized carbons (Fsp3) is 0.100. The number of nitrogens with zero attached hydrogens (tertiary/aromatic N) is 1. The van der Waals surface area contributed by atoms with Crippen LogP contribution in [0.5, 0.6) is 0 Å². The van der Waals surface area contributed by atoms with Gasteiger partial charge in [-0.15, -0.1) is 0 Å². The van der Waals surface area contributed by atoms with Crippen LogP contribution in [-0.4, -0.2) is 4.98 Å². The summed E-state index contributed by atoms with van der Waals surface area (Å²) >= 11 is 5.51. The van der Waals surface area contributed by atoms with Gasteiger partial charge in [-0.3, -0.25) is 0 Å². The molecule has 0 unspecified atom stereocenters. The van der Waals surface area contributed by atoms with E-state index in [4.69, 9.17) is 17.3 Å². The first kappa shape index (κ1) is 11.9. The Bertz CT molecular complexity index is 595. The van der Waals surface area contributed by atoms with Crippen molar-refractivity contribution in [1.29, 1.82) is 0 Å². The summed E-state index contributed by atoms with van der Waals surface area (Å²) in [6.45, 7) is 0. The SMILES string of the molecule is Nc1cc(C(F)(F)F)nc2cc(F)c(Cl)cc12. The third-order valence-corrected chi connectivity index (χ3v) is 2.46. The van der Waals surface area contributed by atoms with Gasteiger partial charge in [0, 0.05) is 17.1 Å². The van der Waals surface area contributed by atoms with Gasteiger partial charge in [-0.2, -0.15) is 13.2 Å². The normalized spacial score (nSPS) is 12.1. The van der Waals surface area contributed by atoms with Gasteiger partial charge in [0.1, 0.15) is 11.5 Å². The highest BCUT2D eigenvalue weighted by atomic mass is 35.5. The lowest BCUT2D eigenvalue weighted by molar-refractivity contribution is -0.140. The molecular weight excluding hydrogens is 260 g/mol. The molecule has 0 aliphatic heterocycles. The number of hydrogen-bond donors (Lipinski definition) is 1. The summed E-state index contributed by atoms with van der Waals surface area (Å²) in [5, 5.41) is -0.0323. The topological polar surface area (TPSA) is 38.9 Å². The van der Waals surface area contributed by atoms with Crippen LogP contribution in [0.4, 0.5) is 23.2 Å². The number of benzene rings is 1. The highest BCUT2D eigenvalue weighted by Crippen LogP contribution is 2.33. The fourth-order valence-electron chi connectivity index (χ4n) is 1.39. The van der Waals surface area contributed by atoms with Gasteiger partial charge in [0.05, 0.1) is 10.5 Å². The van der Waals surface area contributed by atoms with Gasteiger partial charge in [-0.25, -0.2) is 9.37 Å². The smallest absolute Gasteiger partial charge is 0.398 e. The molecule has 2 N–H and O–H groups in total. The minimum absolute atomic E-state index is 0.149. The minimum Gasteiger partial charge on any atom is -0.398 e. The molecule has 7 heteroatoms. The maximum Gasteiger partial charge on any atom is 0.433 e. The zero-order valence-corrected chi connectivity index (χ0v) is 8.90. The third kappa shape index (κ3) is 2.12. The molecule has 17 heavy (non-hydrogen) atoms. The van der Waals surface area contributed by atoms with Crippen LogP contribution in [0.2, 0.25) is 5.02 Å². The average Bonchev–Trinajstić information content (AvgIpc) is 2.19. The van der Waals surface area contributed by atoms with E-state index in [2.05, 4.69) is 4.98 Å². The van der Waals surface area contributed by atoms with Crippen molar-refractivity contribution < 1.29 is 17.6 Å². The average molecular weight is 265 g/mol. The number of aromatic nitrogens is 1. The molecule has 0 aliphatic carbocycles. The molecule has 0 fully saturated rings. The van der Waals surface area contributed by atoms with Gasteiger partial charge in [-0.1, -0.05) is 11.6 Å². The quantitative estimate of drug-likeness (QED) is 0.738. The van der Waals surface area contributed by atoms with Crippen molar-refractivity contribution in [2.45, 2.75) is 6.18 Å². The Morgan fingerprint density at radius 1 is 1.18 bits per heavy atom. The first-order valence-electron chi connectivity index (χ1n) is 4.41. The number of nitrogens with two attached hydrogens (primary N) is 1. The number of nitrogen functional groups attached to an aromatic ring is 1. The molecule has 1 aromatic heterocycles. The molecule has 90 valence electrons. The molecule has 2 rings (SSSR count). The maximum absolute atomic E-state index is 13.1. The van der Waals surface area contributed by atoms with Crippen molar-refractivity contribution >= 4 is 28.2 Å². The number of fused-ring (bicyclic) bond motifs is 1. The predicted octanol–water partition coefficient (Wildman–Crippen LogP) is 3.63. The molecular formula is C10H5ClF4N2. The van der Waals surface area contributed by atoms with E-state index in [1.54, 1.807) is 0 Å². The first-order chi connectivity index (χ1) is 7.79. The van der Waals surface area contributed by atoms with E-state index in [1.165, 1.54) is 0 Å². The van der Waals surface area contributed by atoms with Gasteiger partial charge < -0.3 is 5.73 Å². The van der Waals surface area contributed by atoms with Crippen molar-refractivity contribution in [2.24, 2.45) is 0 Å². The Morgan fingerprint density at radius 2 is 1.82 bits per heavy atom. The van der Waals surface area contributed by atoms with Crippen LogP contribution in [0.3, 0.4) is 0 Å². The number of anilines is 1. The Balaban J connectivity index is 2.78. The Hall–Kier alpha value is -1.56. The van der Waals surface area contributed by atoms with Crippen LogP contribution in [-0.2, 0) is 6.18 Å². The highest BCUT2D eigenvalue weighted by molar-refractivity contribution is 6.31. The summed E-state index contributed by atoms with van der Waals surface area (Å²) in [4.78, 5) is 3.31. The summed E-state index contributed by atoms with van der Waals surface area (Å²) in [6.07, 6.45) is -4.63. The summed E-state index contributed by atoms with van der Waals surface area (Å²) in [7, 11) is 0. The number of pyridine rings is 1. The number of alkyl halides is 3. The number of halogens is 5. The van der Waals surface area contributed by atoms with Crippen LogP contribution < -0.4 is 5.73 Å². The fourth-order valence-corrected chi connectivity index (χ4v) is 1.56. The summed E-state index contributed by atoms with van der Waals surface area (Å²) in [6, 6.07) is 2.66. The van der Waals surface area contributed by atoms with E-state index in [-0.39, 0.29) is 21.6 Å². The lowest BCUT2D eigenvalue weighted by Gasteiger charge is -2.09. The van der Waals surface area contributed by atoms with Gasteiger partial charge in [0.25, 0.3) is 0 Å². The second kappa shape index (κ2) is 3.73. The lowest BCUT2D eigenvalue weighted by Crippen LogP contribution is -2.09. The van der Waals surface area contributed by atoms with Crippen LogP contribution in [0.15, 0.2) is 18.2 Å². The van der Waals surface area contributed by atoms with E-state index in [1.807, 2.05) is 0 Å². The Kier molecular flexibility index (Phi) is 2.61. The van der Waals surface area contributed by atoms with E-state index in [0.29, 0.717) is 6.07 Å². The molecule has 1 aromatic carbocycles. The zero-order chi connectivity index (χ0) is 12.8. The molecule has 0 saturated carbocycles. The zero-order valence-electron chi connectivity index (χ0n) is 8.15. The van der Waals surface area contributed by atoms with Gasteiger partial charge >= 0.3 is 6.18 Å². The largest absolute Gasteiger partial charge is 0.433 e. The minimum atomic E-state index is -4.63. The third-order valence-electron chi connectivity index (χ3n) is 2.17. The van der Waals surface area contributed by atoms with Gasteiger partial charge in [0.15, 0.2) is 0 Å². The summed E-state index contributed by atoms with van der Waals surface area (Å²) < 4.78 is 50.4. The van der Waals surface area contributed by atoms with E-state index in [9.17, 15) is 17.6 Å². The molecule has 1 heterocycles. The second-order valence-electron chi connectivity index (χ2n) is 3.38. The molecule has 0 saturated heterocycles. The predicted molar refractivity (Wildman–Crippen MR) is 56.1 cm³/mol. The molecule has 2 nitrogen and oxygen atoms in total. The molecule has 2 aromatic rings. The highest BCUT2D eigenvalue weighted by Gasteiger charge is 2.33.